The predicted molar refractivity (Wildman–Crippen MR) is 142 cm³/mol. The van der Waals surface area contributed by atoms with E-state index in [4.69, 9.17) is 16.3 Å². The Balaban J connectivity index is 0.000000319. The lowest BCUT2D eigenvalue weighted by Gasteiger charge is -2.07. The summed E-state index contributed by atoms with van der Waals surface area (Å²) in [5.41, 5.74) is 3.92. The number of rotatable bonds is 9. The van der Waals surface area contributed by atoms with Crippen molar-refractivity contribution in [1.82, 2.24) is 0 Å². The average Bonchev–Trinajstić information content (AvgIpc) is 2.86. The smallest absolute Gasteiger partial charge is 0.308 e. The summed E-state index contributed by atoms with van der Waals surface area (Å²) in [4.78, 5) is 45.7. The first-order valence-corrected chi connectivity index (χ1v) is 11.5. The molecule has 0 aliphatic rings. The number of carbonyl (C=O) groups excluding carboxylic acids is 4. The van der Waals surface area contributed by atoms with Crippen molar-refractivity contribution in [1.29, 1.82) is 0 Å². The van der Waals surface area contributed by atoms with Gasteiger partial charge >= 0.3 is 5.97 Å². The summed E-state index contributed by atoms with van der Waals surface area (Å²) in [6.45, 7) is 10.2. The molecule has 0 atom stereocenters. The Morgan fingerprint density at radius 3 is 1.69 bits per heavy atom. The topological polar surface area (TPSA) is 77.5 Å². The second-order valence-corrected chi connectivity index (χ2v) is 8.35. The van der Waals surface area contributed by atoms with Crippen LogP contribution in [0.15, 0.2) is 92.0 Å². The van der Waals surface area contributed by atoms with Gasteiger partial charge in [-0.3, -0.25) is 19.2 Å². The summed E-state index contributed by atoms with van der Waals surface area (Å²) >= 11 is 6.03. The van der Waals surface area contributed by atoms with E-state index in [1.807, 2.05) is 31.2 Å². The van der Waals surface area contributed by atoms with Gasteiger partial charge in [0.1, 0.15) is 5.75 Å². The van der Waals surface area contributed by atoms with Gasteiger partial charge in [-0.1, -0.05) is 78.9 Å². The normalized spacial score (nSPS) is 9.86. The average molecular weight is 503 g/mol. The molecule has 0 saturated carbocycles. The lowest BCUT2D eigenvalue weighted by Crippen LogP contribution is -2.05. The minimum absolute atomic E-state index is 0.0684. The number of allylic oxidation sites excluding steroid dienone is 2. The van der Waals surface area contributed by atoms with Crippen molar-refractivity contribution in [2.45, 2.75) is 26.7 Å². The molecule has 0 aromatic heterocycles. The van der Waals surface area contributed by atoms with Crippen molar-refractivity contribution in [2.75, 3.05) is 0 Å². The maximum Gasteiger partial charge on any atom is 0.308 e. The third-order valence-electron chi connectivity index (χ3n) is 5.00. The largest absolute Gasteiger partial charge is 0.425 e. The van der Waals surface area contributed by atoms with Crippen molar-refractivity contribution in [3.63, 3.8) is 0 Å². The Kier molecular flexibility index (Phi) is 10.7. The zero-order chi connectivity index (χ0) is 26.7. The summed E-state index contributed by atoms with van der Waals surface area (Å²) in [6.07, 6.45) is 3.34. The lowest BCUT2D eigenvalue weighted by molar-refractivity contribution is -0.131. The maximum absolute atomic E-state index is 12.5. The standard InChI is InChI=1S/C19H15ClO4.C11H12O/c1-3-16(22)10-13-4-6-14(7-5-13)19(23)15-8-9-18(17(20)11-15)24-12(2)21;1-3-11(12)8-10-6-4-9(2)5-7-10/h3-9,11H,1,10H2,2H3;3-7H,1,8H2,2H3. The molecule has 184 valence electrons. The van der Waals surface area contributed by atoms with Crippen LogP contribution >= 0.6 is 11.6 Å². The van der Waals surface area contributed by atoms with E-state index in [2.05, 4.69) is 13.2 Å². The van der Waals surface area contributed by atoms with E-state index >= 15 is 0 Å². The third kappa shape index (κ3) is 8.93. The molecule has 36 heavy (non-hydrogen) atoms. The Labute approximate surface area is 216 Å². The van der Waals surface area contributed by atoms with Crippen LogP contribution in [0.3, 0.4) is 0 Å². The SMILES string of the molecule is C=CC(=O)Cc1ccc(C(=O)c2ccc(OC(C)=O)c(Cl)c2)cc1.C=CC(=O)Cc1ccc(C)cc1. The summed E-state index contributed by atoms with van der Waals surface area (Å²) in [7, 11) is 0. The van der Waals surface area contributed by atoms with Gasteiger partial charge in [-0.25, -0.2) is 0 Å². The third-order valence-corrected chi connectivity index (χ3v) is 5.29. The van der Waals surface area contributed by atoms with Gasteiger partial charge in [0.05, 0.1) is 5.02 Å². The lowest BCUT2D eigenvalue weighted by atomic mass is 10.0. The molecule has 0 unspecified atom stereocenters. The first-order valence-electron chi connectivity index (χ1n) is 11.1. The highest BCUT2D eigenvalue weighted by Crippen LogP contribution is 2.26. The van der Waals surface area contributed by atoms with Crippen molar-refractivity contribution in [3.8, 4) is 5.75 Å². The van der Waals surface area contributed by atoms with E-state index in [-0.39, 0.29) is 34.5 Å². The highest BCUT2D eigenvalue weighted by molar-refractivity contribution is 6.32. The van der Waals surface area contributed by atoms with Crippen molar-refractivity contribution in [2.24, 2.45) is 0 Å². The number of carbonyl (C=O) groups is 4. The van der Waals surface area contributed by atoms with E-state index < -0.39 is 5.97 Å². The van der Waals surface area contributed by atoms with E-state index in [0.717, 1.165) is 11.1 Å². The Morgan fingerprint density at radius 2 is 1.25 bits per heavy atom. The van der Waals surface area contributed by atoms with E-state index in [1.54, 1.807) is 30.3 Å². The fourth-order valence-electron chi connectivity index (χ4n) is 3.07. The first kappa shape index (κ1) is 28.1. The minimum atomic E-state index is -0.486. The number of ketones is 3. The zero-order valence-electron chi connectivity index (χ0n) is 20.3. The Bertz CT molecular complexity index is 1270. The van der Waals surface area contributed by atoms with E-state index in [1.165, 1.54) is 36.8 Å². The summed E-state index contributed by atoms with van der Waals surface area (Å²) in [5.74, 6) is -0.506. The molecular weight excluding hydrogens is 476 g/mol. The molecule has 3 aromatic rings. The first-order chi connectivity index (χ1) is 17.1. The number of hydrogen-bond donors (Lipinski definition) is 0. The second kappa shape index (κ2) is 13.7. The molecule has 0 bridgehead atoms. The molecule has 0 radical (unpaired) electrons. The van der Waals surface area contributed by atoms with Crippen LogP contribution < -0.4 is 4.74 Å². The van der Waals surface area contributed by atoms with Crippen LogP contribution in [0.2, 0.25) is 5.02 Å². The monoisotopic (exact) mass is 502 g/mol. The summed E-state index contributed by atoms with van der Waals surface area (Å²) < 4.78 is 4.93. The van der Waals surface area contributed by atoms with E-state index in [9.17, 15) is 19.2 Å². The molecule has 0 heterocycles. The van der Waals surface area contributed by atoms with Gasteiger partial charge in [-0.05, 0) is 48.4 Å². The Morgan fingerprint density at radius 1 is 0.778 bits per heavy atom. The molecule has 3 rings (SSSR count). The molecule has 0 saturated heterocycles. The van der Waals surface area contributed by atoms with Crippen molar-refractivity contribution < 1.29 is 23.9 Å². The van der Waals surface area contributed by atoms with Gasteiger partial charge in [0.25, 0.3) is 0 Å². The summed E-state index contributed by atoms with van der Waals surface area (Å²) in [5, 5.41) is 0.184. The second-order valence-electron chi connectivity index (χ2n) is 7.94. The number of esters is 1. The van der Waals surface area contributed by atoms with Gasteiger partial charge in [-0.2, -0.15) is 0 Å². The fraction of sp³-hybridized carbons (Fsp3) is 0.133. The number of aryl methyl sites for hydroxylation is 1. The van der Waals surface area contributed by atoms with Crippen LogP contribution in [0, 0.1) is 6.92 Å². The van der Waals surface area contributed by atoms with Gasteiger partial charge in [0.2, 0.25) is 0 Å². The number of halogens is 1. The Hall–Kier alpha value is -4.09. The quantitative estimate of drug-likeness (QED) is 0.153. The van der Waals surface area contributed by atoms with Crippen LogP contribution in [0.5, 0.6) is 5.75 Å². The van der Waals surface area contributed by atoms with Crippen LogP contribution in [-0.2, 0) is 27.2 Å². The van der Waals surface area contributed by atoms with Crippen LogP contribution in [0.1, 0.15) is 39.5 Å². The highest BCUT2D eigenvalue weighted by Gasteiger charge is 2.13. The number of ether oxygens (including phenoxy) is 1. The number of hydrogen-bond acceptors (Lipinski definition) is 5. The fourth-order valence-corrected chi connectivity index (χ4v) is 3.29. The maximum atomic E-state index is 12.5. The molecule has 0 N–H and O–H groups in total. The van der Waals surface area contributed by atoms with Crippen LogP contribution in [0.25, 0.3) is 0 Å². The predicted octanol–water partition coefficient (Wildman–Crippen LogP) is 6.09. The molecule has 0 aliphatic heterocycles. The van der Waals surface area contributed by atoms with Crippen molar-refractivity contribution in [3.05, 3.63) is 125 Å². The van der Waals surface area contributed by atoms with Crippen molar-refractivity contribution >= 4 is 34.9 Å². The zero-order valence-corrected chi connectivity index (χ0v) is 21.0. The van der Waals surface area contributed by atoms with E-state index in [0.29, 0.717) is 17.5 Å². The van der Waals surface area contributed by atoms with Gasteiger partial charge in [0.15, 0.2) is 17.3 Å². The molecule has 3 aromatic carbocycles. The minimum Gasteiger partial charge on any atom is -0.425 e. The van der Waals surface area contributed by atoms with Crippen LogP contribution in [-0.4, -0.2) is 23.3 Å². The summed E-state index contributed by atoms with van der Waals surface area (Å²) in [6, 6.07) is 19.2. The molecule has 6 heteroatoms. The van der Waals surface area contributed by atoms with Gasteiger partial charge < -0.3 is 4.74 Å². The van der Waals surface area contributed by atoms with Crippen LogP contribution in [0.4, 0.5) is 0 Å². The molecule has 0 spiro atoms. The number of benzene rings is 3. The molecular formula is C30H27ClO5. The molecule has 0 fully saturated rings. The molecule has 5 nitrogen and oxygen atoms in total. The molecule has 0 amide bonds. The molecule has 0 aliphatic carbocycles. The van der Waals surface area contributed by atoms with Gasteiger partial charge in [-0.15, -0.1) is 0 Å². The van der Waals surface area contributed by atoms with Gasteiger partial charge in [0, 0.05) is 30.9 Å². The highest BCUT2D eigenvalue weighted by atomic mass is 35.5.